The predicted molar refractivity (Wildman–Crippen MR) is 111 cm³/mol. The number of hydrogen-bond acceptors (Lipinski definition) is 4. The van der Waals surface area contributed by atoms with E-state index in [1.54, 1.807) is 17.0 Å². The van der Waals surface area contributed by atoms with Crippen molar-refractivity contribution in [3.63, 3.8) is 0 Å². The molecule has 3 rings (SSSR count). The van der Waals surface area contributed by atoms with Crippen LogP contribution in [0.2, 0.25) is 0 Å². The molecule has 0 aliphatic carbocycles. The fourth-order valence-corrected chi connectivity index (χ4v) is 3.64. The number of alkyl halides is 3. The molecule has 2 amide bonds. The summed E-state index contributed by atoms with van der Waals surface area (Å²) in [6.07, 6.45) is -0.875. The third-order valence-corrected chi connectivity index (χ3v) is 5.28. The van der Waals surface area contributed by atoms with Crippen molar-refractivity contribution >= 4 is 17.5 Å². The summed E-state index contributed by atoms with van der Waals surface area (Å²) in [5.74, 6) is -0.310. The molecule has 0 bridgehead atoms. The molecular formula is C22H24F3N3O4. The second-order valence-corrected chi connectivity index (χ2v) is 7.71. The number of carbonyl (C=O) groups excluding carboxylic acids is 2. The Morgan fingerprint density at radius 1 is 1.06 bits per heavy atom. The molecule has 0 unspecified atom stereocenters. The van der Waals surface area contributed by atoms with Gasteiger partial charge in [0.15, 0.2) is 0 Å². The van der Waals surface area contributed by atoms with Crippen LogP contribution >= 0.6 is 0 Å². The quantitative estimate of drug-likeness (QED) is 0.675. The van der Waals surface area contributed by atoms with E-state index in [0.29, 0.717) is 24.7 Å². The molecule has 1 aliphatic heterocycles. The summed E-state index contributed by atoms with van der Waals surface area (Å²) in [7, 11) is 0. The molecule has 0 spiro atoms. The Kier molecular flexibility index (Phi) is 7.55. The second kappa shape index (κ2) is 10.3. The Morgan fingerprint density at radius 2 is 1.75 bits per heavy atom. The topological polar surface area (TPSA) is 91.5 Å². The monoisotopic (exact) mass is 451 g/mol. The summed E-state index contributed by atoms with van der Waals surface area (Å²) in [6, 6.07) is 8.65. The van der Waals surface area contributed by atoms with Gasteiger partial charge in [0.2, 0.25) is 17.4 Å². The minimum atomic E-state index is -4.70. The number of aromatic nitrogens is 1. The van der Waals surface area contributed by atoms with Crippen LogP contribution in [-0.4, -0.2) is 41.2 Å². The number of pyridine rings is 1. The summed E-state index contributed by atoms with van der Waals surface area (Å²) in [5, 5.41) is 2.63. The van der Waals surface area contributed by atoms with E-state index in [1.807, 2.05) is 0 Å². The Balaban J connectivity index is 1.38. The fourth-order valence-electron chi connectivity index (χ4n) is 3.64. The van der Waals surface area contributed by atoms with Crippen LogP contribution in [0.4, 0.5) is 18.9 Å². The molecule has 32 heavy (non-hydrogen) atoms. The van der Waals surface area contributed by atoms with E-state index in [2.05, 4.69) is 15.0 Å². The van der Waals surface area contributed by atoms with Gasteiger partial charge in [-0.05, 0) is 48.9 Å². The summed E-state index contributed by atoms with van der Waals surface area (Å²) in [5.41, 5.74) is 1.11. The van der Waals surface area contributed by atoms with Gasteiger partial charge in [-0.3, -0.25) is 14.4 Å². The molecule has 1 aromatic heterocycles. The summed E-state index contributed by atoms with van der Waals surface area (Å²) in [4.78, 5) is 39.6. The average molecular weight is 451 g/mol. The van der Waals surface area contributed by atoms with Gasteiger partial charge in [-0.25, -0.2) is 0 Å². The van der Waals surface area contributed by atoms with Crippen LogP contribution in [0.3, 0.4) is 0 Å². The molecule has 2 heterocycles. The van der Waals surface area contributed by atoms with E-state index in [9.17, 15) is 27.6 Å². The SMILES string of the molecule is O=C(CCC(=O)N1CCC(Cc2ccc(OC(F)(F)F)cc2)CC1)Nc1ccc(=O)[nH]c1. The molecule has 2 N–H and O–H groups in total. The van der Waals surface area contributed by atoms with Crippen LogP contribution in [0.5, 0.6) is 5.75 Å². The number of anilines is 1. The zero-order chi connectivity index (χ0) is 23.1. The first-order valence-corrected chi connectivity index (χ1v) is 10.3. The standard InChI is InChI=1S/C22H24F3N3O4/c23-22(24,25)32-18-4-1-15(2-5-18)13-16-9-11-28(12-10-16)21(31)8-7-20(30)27-17-3-6-19(29)26-14-17/h1-6,14,16H,7-13H2,(H,26,29)(H,27,30). The van der Waals surface area contributed by atoms with E-state index in [-0.39, 0.29) is 36.0 Å². The van der Waals surface area contributed by atoms with E-state index < -0.39 is 6.36 Å². The molecule has 10 heteroatoms. The lowest BCUT2D eigenvalue weighted by Crippen LogP contribution is -2.39. The van der Waals surface area contributed by atoms with Gasteiger partial charge in [0.05, 0.1) is 5.69 Å². The van der Waals surface area contributed by atoms with Crippen LogP contribution in [0.1, 0.15) is 31.2 Å². The van der Waals surface area contributed by atoms with Crippen LogP contribution < -0.4 is 15.6 Å². The van der Waals surface area contributed by atoms with Gasteiger partial charge in [0, 0.05) is 38.2 Å². The van der Waals surface area contributed by atoms with Gasteiger partial charge in [-0.2, -0.15) is 0 Å². The molecule has 1 fully saturated rings. The number of halogens is 3. The van der Waals surface area contributed by atoms with Crippen LogP contribution in [0.25, 0.3) is 0 Å². The van der Waals surface area contributed by atoms with Crippen molar-refractivity contribution in [2.45, 2.75) is 38.5 Å². The molecule has 1 aromatic carbocycles. The fraction of sp³-hybridized carbons (Fsp3) is 0.409. The highest BCUT2D eigenvalue weighted by molar-refractivity contribution is 5.93. The molecule has 0 atom stereocenters. The minimum Gasteiger partial charge on any atom is -0.406 e. The number of H-pyrrole nitrogens is 1. The summed E-state index contributed by atoms with van der Waals surface area (Å²) < 4.78 is 40.6. The number of ether oxygens (including phenoxy) is 1. The first-order valence-electron chi connectivity index (χ1n) is 10.3. The molecule has 2 aromatic rings. The van der Waals surface area contributed by atoms with E-state index in [4.69, 9.17) is 0 Å². The molecule has 1 aliphatic rings. The zero-order valence-electron chi connectivity index (χ0n) is 17.3. The summed E-state index contributed by atoms with van der Waals surface area (Å²) in [6.45, 7) is 1.17. The maximum atomic E-state index is 12.4. The van der Waals surface area contributed by atoms with E-state index >= 15 is 0 Å². The number of piperidine rings is 1. The van der Waals surface area contributed by atoms with Crippen molar-refractivity contribution in [2.24, 2.45) is 5.92 Å². The third-order valence-electron chi connectivity index (χ3n) is 5.28. The maximum absolute atomic E-state index is 12.4. The Bertz CT molecular complexity index is 961. The normalized spacial score (nSPS) is 14.8. The average Bonchev–Trinajstić information content (AvgIpc) is 2.74. The van der Waals surface area contributed by atoms with Gasteiger partial charge in [-0.1, -0.05) is 12.1 Å². The number of amides is 2. The molecule has 0 saturated carbocycles. The predicted octanol–water partition coefficient (Wildman–Crippen LogP) is 3.47. The van der Waals surface area contributed by atoms with Gasteiger partial charge >= 0.3 is 6.36 Å². The first-order chi connectivity index (χ1) is 15.2. The number of likely N-dealkylation sites (tertiary alicyclic amines) is 1. The Labute approximate surface area is 182 Å². The minimum absolute atomic E-state index is 0.0459. The smallest absolute Gasteiger partial charge is 0.406 e. The van der Waals surface area contributed by atoms with Crippen LogP contribution in [0, 0.1) is 5.92 Å². The highest BCUT2D eigenvalue weighted by Gasteiger charge is 2.31. The Morgan fingerprint density at radius 3 is 2.34 bits per heavy atom. The van der Waals surface area contributed by atoms with E-state index in [0.717, 1.165) is 24.8 Å². The van der Waals surface area contributed by atoms with Crippen molar-refractivity contribution in [2.75, 3.05) is 18.4 Å². The van der Waals surface area contributed by atoms with Crippen molar-refractivity contribution in [1.29, 1.82) is 0 Å². The van der Waals surface area contributed by atoms with Crippen LogP contribution in [0.15, 0.2) is 47.4 Å². The molecule has 0 radical (unpaired) electrons. The number of carbonyl (C=O) groups is 2. The maximum Gasteiger partial charge on any atom is 0.573 e. The van der Waals surface area contributed by atoms with Crippen molar-refractivity contribution < 1.29 is 27.5 Å². The third kappa shape index (κ3) is 7.44. The Hall–Kier alpha value is -3.30. The van der Waals surface area contributed by atoms with Gasteiger partial charge in [-0.15, -0.1) is 13.2 Å². The number of rotatable bonds is 7. The number of hydrogen-bond donors (Lipinski definition) is 2. The van der Waals surface area contributed by atoms with Crippen molar-refractivity contribution in [3.8, 4) is 5.75 Å². The lowest BCUT2D eigenvalue weighted by atomic mass is 9.90. The van der Waals surface area contributed by atoms with Gasteiger partial charge in [0.25, 0.3) is 0 Å². The molecular weight excluding hydrogens is 427 g/mol. The van der Waals surface area contributed by atoms with Gasteiger partial charge in [0.1, 0.15) is 5.75 Å². The first kappa shape index (κ1) is 23.4. The largest absolute Gasteiger partial charge is 0.573 e. The van der Waals surface area contributed by atoms with Gasteiger partial charge < -0.3 is 19.9 Å². The van der Waals surface area contributed by atoms with E-state index in [1.165, 1.54) is 30.5 Å². The van der Waals surface area contributed by atoms with Crippen molar-refractivity contribution in [1.82, 2.24) is 9.88 Å². The number of aromatic amines is 1. The lowest BCUT2D eigenvalue weighted by molar-refractivity contribution is -0.274. The number of nitrogens with zero attached hydrogens (tertiary/aromatic N) is 1. The molecule has 1 saturated heterocycles. The van der Waals surface area contributed by atoms with Crippen molar-refractivity contribution in [3.05, 3.63) is 58.5 Å². The second-order valence-electron chi connectivity index (χ2n) is 7.71. The highest BCUT2D eigenvalue weighted by Crippen LogP contribution is 2.26. The lowest BCUT2D eigenvalue weighted by Gasteiger charge is -2.32. The summed E-state index contributed by atoms with van der Waals surface area (Å²) >= 11 is 0. The van der Waals surface area contributed by atoms with Crippen LogP contribution in [-0.2, 0) is 16.0 Å². The highest BCUT2D eigenvalue weighted by atomic mass is 19.4. The molecule has 172 valence electrons. The molecule has 7 nitrogen and oxygen atoms in total. The zero-order valence-corrected chi connectivity index (χ0v) is 17.3. The number of benzene rings is 1. The number of nitrogens with one attached hydrogen (secondary N) is 2.